The summed E-state index contributed by atoms with van der Waals surface area (Å²) in [5, 5.41) is 7.03. The predicted molar refractivity (Wildman–Crippen MR) is 77.4 cm³/mol. The summed E-state index contributed by atoms with van der Waals surface area (Å²) < 4.78 is 6.33. The van der Waals surface area contributed by atoms with Crippen LogP contribution in [0.5, 0.6) is 0 Å². The SMILES string of the molecule is COC(=O)c1cccc(Sc2n[nH]c(=O)n2C2CC2)c1N. The summed E-state index contributed by atoms with van der Waals surface area (Å²) in [6.45, 7) is 0. The highest BCUT2D eigenvalue weighted by Crippen LogP contribution is 2.39. The lowest BCUT2D eigenvalue weighted by Gasteiger charge is -2.09. The van der Waals surface area contributed by atoms with Crippen LogP contribution in [0, 0.1) is 0 Å². The molecule has 21 heavy (non-hydrogen) atoms. The second-order valence-corrected chi connectivity index (χ2v) is 5.73. The van der Waals surface area contributed by atoms with E-state index in [0.717, 1.165) is 12.8 Å². The number of carbonyl (C=O) groups is 1. The number of hydrogen-bond donors (Lipinski definition) is 2. The third-order valence-electron chi connectivity index (χ3n) is 3.26. The number of nitrogen functional groups attached to an aromatic ring is 1. The van der Waals surface area contributed by atoms with Crippen molar-refractivity contribution >= 4 is 23.4 Å². The number of hydrogen-bond acceptors (Lipinski definition) is 6. The Bertz CT molecular complexity index is 748. The van der Waals surface area contributed by atoms with Crippen molar-refractivity contribution in [3.05, 3.63) is 34.2 Å². The molecule has 0 amide bonds. The number of aromatic nitrogens is 3. The second kappa shape index (κ2) is 5.28. The molecule has 1 aliphatic carbocycles. The maximum absolute atomic E-state index is 11.7. The van der Waals surface area contributed by atoms with E-state index in [1.165, 1.54) is 18.9 Å². The van der Waals surface area contributed by atoms with Crippen molar-refractivity contribution in [3.8, 4) is 0 Å². The van der Waals surface area contributed by atoms with Crippen LogP contribution in [0.4, 0.5) is 5.69 Å². The maximum atomic E-state index is 11.7. The Morgan fingerprint density at radius 3 is 2.95 bits per heavy atom. The number of benzene rings is 1. The number of anilines is 1. The largest absolute Gasteiger partial charge is 0.465 e. The highest BCUT2D eigenvalue weighted by molar-refractivity contribution is 7.99. The van der Waals surface area contributed by atoms with Crippen molar-refractivity contribution in [2.75, 3.05) is 12.8 Å². The van der Waals surface area contributed by atoms with Gasteiger partial charge >= 0.3 is 11.7 Å². The van der Waals surface area contributed by atoms with Crippen molar-refractivity contribution in [1.82, 2.24) is 14.8 Å². The average Bonchev–Trinajstić information content (AvgIpc) is 3.25. The minimum atomic E-state index is -0.489. The van der Waals surface area contributed by atoms with Gasteiger partial charge in [-0.15, -0.1) is 5.10 Å². The van der Waals surface area contributed by atoms with Gasteiger partial charge in [0.1, 0.15) is 0 Å². The van der Waals surface area contributed by atoms with Gasteiger partial charge in [0.25, 0.3) is 0 Å². The zero-order valence-electron chi connectivity index (χ0n) is 11.3. The van der Waals surface area contributed by atoms with Gasteiger partial charge in [-0.3, -0.25) is 4.57 Å². The lowest BCUT2D eigenvalue weighted by molar-refractivity contribution is 0.0601. The lowest BCUT2D eigenvalue weighted by Crippen LogP contribution is -2.16. The van der Waals surface area contributed by atoms with Crippen molar-refractivity contribution in [1.29, 1.82) is 0 Å². The predicted octanol–water partition coefficient (Wildman–Crippen LogP) is 1.43. The summed E-state index contributed by atoms with van der Waals surface area (Å²) in [5.74, 6) is -0.489. The number of nitrogens with one attached hydrogen (secondary N) is 1. The van der Waals surface area contributed by atoms with E-state index in [0.29, 0.717) is 21.3 Å². The molecule has 0 atom stereocenters. The molecule has 3 rings (SSSR count). The fourth-order valence-electron chi connectivity index (χ4n) is 2.04. The molecule has 7 nitrogen and oxygen atoms in total. The standard InChI is InChI=1S/C13H14N4O3S/c1-20-11(18)8-3-2-4-9(10(8)14)21-13-16-15-12(19)17(13)7-5-6-7/h2-4,7H,5-6,14H2,1H3,(H,15,19). The Balaban J connectivity index is 1.95. The number of rotatable bonds is 4. The Morgan fingerprint density at radius 2 is 2.29 bits per heavy atom. The molecular formula is C13H14N4O3S. The quantitative estimate of drug-likeness (QED) is 0.654. The summed E-state index contributed by atoms with van der Waals surface area (Å²) in [6, 6.07) is 5.31. The van der Waals surface area contributed by atoms with Gasteiger partial charge in [0.15, 0.2) is 5.16 Å². The van der Waals surface area contributed by atoms with Crippen LogP contribution in [-0.4, -0.2) is 27.8 Å². The Morgan fingerprint density at radius 1 is 1.52 bits per heavy atom. The van der Waals surface area contributed by atoms with Gasteiger partial charge in [-0.1, -0.05) is 6.07 Å². The number of aromatic amines is 1. The third-order valence-corrected chi connectivity index (χ3v) is 4.30. The van der Waals surface area contributed by atoms with Crippen LogP contribution in [0.25, 0.3) is 0 Å². The average molecular weight is 306 g/mol. The fraction of sp³-hybridized carbons (Fsp3) is 0.308. The molecule has 1 aromatic carbocycles. The lowest BCUT2D eigenvalue weighted by atomic mass is 10.2. The number of nitrogens with two attached hydrogens (primary N) is 1. The van der Waals surface area contributed by atoms with E-state index >= 15 is 0 Å². The molecule has 0 unspecified atom stereocenters. The normalized spacial score (nSPS) is 14.1. The first-order valence-corrected chi connectivity index (χ1v) is 7.25. The van der Waals surface area contributed by atoms with E-state index < -0.39 is 5.97 Å². The molecule has 8 heteroatoms. The van der Waals surface area contributed by atoms with Gasteiger partial charge < -0.3 is 10.5 Å². The zero-order chi connectivity index (χ0) is 15.0. The van der Waals surface area contributed by atoms with E-state index in [-0.39, 0.29) is 11.7 Å². The van der Waals surface area contributed by atoms with Crippen LogP contribution in [0.1, 0.15) is 29.2 Å². The smallest absolute Gasteiger partial charge is 0.344 e. The van der Waals surface area contributed by atoms with Gasteiger partial charge in [-0.05, 0) is 36.7 Å². The van der Waals surface area contributed by atoms with Crippen LogP contribution in [0.3, 0.4) is 0 Å². The minimum Gasteiger partial charge on any atom is -0.465 e. The Hall–Kier alpha value is -2.22. The van der Waals surface area contributed by atoms with Gasteiger partial charge in [0.2, 0.25) is 0 Å². The fourth-order valence-corrected chi connectivity index (χ4v) is 3.02. The molecule has 1 fully saturated rings. The number of ether oxygens (including phenoxy) is 1. The summed E-state index contributed by atoms with van der Waals surface area (Å²) in [7, 11) is 1.31. The molecule has 1 heterocycles. The molecule has 2 aromatic rings. The molecule has 0 aliphatic heterocycles. The number of para-hydroxylation sites is 1. The summed E-state index contributed by atoms with van der Waals surface area (Å²) >= 11 is 1.26. The molecular weight excluding hydrogens is 292 g/mol. The van der Waals surface area contributed by atoms with E-state index in [9.17, 15) is 9.59 Å². The van der Waals surface area contributed by atoms with Crippen molar-refractivity contribution in [2.45, 2.75) is 28.9 Å². The third kappa shape index (κ3) is 2.54. The number of methoxy groups -OCH3 is 1. The first-order valence-electron chi connectivity index (χ1n) is 6.43. The van der Waals surface area contributed by atoms with Crippen LogP contribution < -0.4 is 11.4 Å². The molecule has 1 aromatic heterocycles. The zero-order valence-corrected chi connectivity index (χ0v) is 12.1. The molecule has 1 saturated carbocycles. The van der Waals surface area contributed by atoms with Crippen molar-refractivity contribution < 1.29 is 9.53 Å². The van der Waals surface area contributed by atoms with E-state index in [2.05, 4.69) is 10.2 Å². The second-order valence-electron chi connectivity index (χ2n) is 4.72. The molecule has 3 N–H and O–H groups in total. The van der Waals surface area contributed by atoms with Gasteiger partial charge in [0, 0.05) is 10.9 Å². The first-order chi connectivity index (χ1) is 10.1. The monoisotopic (exact) mass is 306 g/mol. The molecule has 0 saturated heterocycles. The van der Waals surface area contributed by atoms with Crippen molar-refractivity contribution in [2.24, 2.45) is 0 Å². The number of nitrogens with zero attached hydrogens (tertiary/aromatic N) is 2. The number of H-pyrrole nitrogens is 1. The summed E-state index contributed by atoms with van der Waals surface area (Å²) in [4.78, 5) is 24.0. The Labute approximate surface area is 124 Å². The van der Waals surface area contributed by atoms with E-state index in [1.807, 2.05) is 0 Å². The number of esters is 1. The molecule has 0 spiro atoms. The maximum Gasteiger partial charge on any atom is 0.344 e. The molecule has 1 aliphatic rings. The first kappa shape index (κ1) is 13.7. The van der Waals surface area contributed by atoms with E-state index in [4.69, 9.17) is 10.5 Å². The summed E-state index contributed by atoms with van der Waals surface area (Å²) in [5.41, 5.74) is 6.42. The molecule has 110 valence electrons. The topological polar surface area (TPSA) is 103 Å². The van der Waals surface area contributed by atoms with Crippen LogP contribution in [-0.2, 0) is 4.74 Å². The minimum absolute atomic E-state index is 0.212. The van der Waals surface area contributed by atoms with Gasteiger partial charge in [-0.2, -0.15) is 0 Å². The van der Waals surface area contributed by atoms with Crippen LogP contribution in [0.2, 0.25) is 0 Å². The van der Waals surface area contributed by atoms with Gasteiger partial charge in [-0.25, -0.2) is 14.7 Å². The van der Waals surface area contributed by atoms with Crippen LogP contribution in [0.15, 0.2) is 33.0 Å². The molecule has 0 radical (unpaired) electrons. The summed E-state index contributed by atoms with van der Waals surface area (Å²) in [6.07, 6.45) is 1.95. The van der Waals surface area contributed by atoms with Gasteiger partial charge in [0.05, 0.1) is 18.4 Å². The Kier molecular flexibility index (Phi) is 3.46. The highest BCUT2D eigenvalue weighted by atomic mass is 32.2. The van der Waals surface area contributed by atoms with Crippen LogP contribution >= 0.6 is 11.8 Å². The van der Waals surface area contributed by atoms with E-state index in [1.54, 1.807) is 22.8 Å². The molecule has 0 bridgehead atoms. The number of carbonyl (C=O) groups excluding carboxylic acids is 1. The highest BCUT2D eigenvalue weighted by Gasteiger charge is 2.29. The van der Waals surface area contributed by atoms with Crippen molar-refractivity contribution in [3.63, 3.8) is 0 Å².